The molecule has 1 aromatic heterocycles. The maximum atomic E-state index is 12.3. The van der Waals surface area contributed by atoms with Gasteiger partial charge in [0.25, 0.3) is 5.91 Å². The van der Waals surface area contributed by atoms with Crippen molar-refractivity contribution in [3.05, 3.63) is 28.7 Å². The molecule has 1 heterocycles. The van der Waals surface area contributed by atoms with Crippen molar-refractivity contribution in [2.24, 2.45) is 0 Å². The molecule has 0 radical (unpaired) electrons. The zero-order valence-corrected chi connectivity index (χ0v) is 12.2. The number of carbonyl (C=O) groups excluding carboxylic acids is 2. The molecule has 0 aliphatic carbocycles. The third-order valence-corrected chi connectivity index (χ3v) is 3.34. The van der Waals surface area contributed by atoms with Crippen LogP contribution >= 0.6 is 11.3 Å². The molecule has 104 valence electrons. The summed E-state index contributed by atoms with van der Waals surface area (Å²) in [5.41, 5.74) is 0. The van der Waals surface area contributed by atoms with Gasteiger partial charge in [-0.3, -0.25) is 4.79 Å². The van der Waals surface area contributed by atoms with Gasteiger partial charge in [0.1, 0.15) is 4.88 Å². The van der Waals surface area contributed by atoms with Crippen LogP contribution in [0, 0.1) is 0 Å². The first-order valence-electron chi connectivity index (χ1n) is 6.06. The van der Waals surface area contributed by atoms with Gasteiger partial charge < -0.3 is 9.64 Å². The van der Waals surface area contributed by atoms with E-state index in [2.05, 4.69) is 11.6 Å². The molecular formula is C13H18N2O3S. The first-order chi connectivity index (χ1) is 9.01. The zero-order chi connectivity index (χ0) is 14.4. The maximum absolute atomic E-state index is 12.3. The summed E-state index contributed by atoms with van der Waals surface area (Å²) in [6, 6.07) is 0.0543. The molecule has 0 fully saturated rings. The summed E-state index contributed by atoms with van der Waals surface area (Å²) in [6.07, 6.45) is 3.09. The van der Waals surface area contributed by atoms with E-state index in [0.717, 1.165) is 11.3 Å². The average Bonchev–Trinajstić information content (AvgIpc) is 2.84. The van der Waals surface area contributed by atoms with Gasteiger partial charge in [-0.1, -0.05) is 6.08 Å². The second-order valence-electron chi connectivity index (χ2n) is 4.09. The Morgan fingerprint density at radius 2 is 2.26 bits per heavy atom. The van der Waals surface area contributed by atoms with Gasteiger partial charge in [0, 0.05) is 12.6 Å². The second kappa shape index (κ2) is 7.04. The summed E-state index contributed by atoms with van der Waals surface area (Å²) in [5.74, 6) is -0.644. The summed E-state index contributed by atoms with van der Waals surface area (Å²) >= 11 is 1.05. The molecule has 0 aromatic carbocycles. The Morgan fingerprint density at radius 1 is 1.58 bits per heavy atom. The number of carbonyl (C=O) groups is 2. The van der Waals surface area contributed by atoms with E-state index in [-0.39, 0.29) is 23.6 Å². The molecule has 19 heavy (non-hydrogen) atoms. The van der Waals surface area contributed by atoms with Gasteiger partial charge in [-0.2, -0.15) is 0 Å². The first kappa shape index (κ1) is 15.4. The number of aromatic nitrogens is 1. The lowest BCUT2D eigenvalue weighted by Crippen LogP contribution is -2.36. The molecular weight excluding hydrogens is 264 g/mol. The molecule has 0 unspecified atom stereocenters. The Bertz CT molecular complexity index is 468. The van der Waals surface area contributed by atoms with Crippen molar-refractivity contribution in [3.8, 4) is 0 Å². The van der Waals surface area contributed by atoms with Crippen LogP contribution in [0.4, 0.5) is 0 Å². The van der Waals surface area contributed by atoms with Crippen molar-refractivity contribution in [1.29, 1.82) is 0 Å². The summed E-state index contributed by atoms with van der Waals surface area (Å²) in [7, 11) is 0. The van der Waals surface area contributed by atoms with E-state index in [1.807, 2.05) is 13.8 Å². The fourth-order valence-electron chi connectivity index (χ4n) is 1.47. The van der Waals surface area contributed by atoms with Crippen LogP contribution in [0.25, 0.3) is 0 Å². The standard InChI is InChI=1S/C13H18N2O3S/c1-5-7-15(9(3)4)12(16)10-8-14-11(19-10)13(17)18-6-2/h5,8-9H,1,6-7H2,2-4H3. The van der Waals surface area contributed by atoms with Crippen molar-refractivity contribution >= 4 is 23.2 Å². The van der Waals surface area contributed by atoms with E-state index in [4.69, 9.17) is 4.74 Å². The van der Waals surface area contributed by atoms with Crippen LogP contribution in [0.3, 0.4) is 0 Å². The highest BCUT2D eigenvalue weighted by Gasteiger charge is 2.22. The fourth-order valence-corrected chi connectivity index (χ4v) is 2.23. The predicted molar refractivity (Wildman–Crippen MR) is 74.4 cm³/mol. The van der Waals surface area contributed by atoms with Crippen LogP contribution < -0.4 is 0 Å². The van der Waals surface area contributed by atoms with Crippen molar-refractivity contribution < 1.29 is 14.3 Å². The van der Waals surface area contributed by atoms with E-state index in [1.54, 1.807) is 17.9 Å². The van der Waals surface area contributed by atoms with Gasteiger partial charge >= 0.3 is 5.97 Å². The molecule has 1 aromatic rings. The Hall–Kier alpha value is -1.69. The minimum Gasteiger partial charge on any atom is -0.461 e. The molecule has 0 aliphatic rings. The SMILES string of the molecule is C=CCN(C(=O)c1cnc(C(=O)OCC)s1)C(C)C. The molecule has 0 bridgehead atoms. The summed E-state index contributed by atoms with van der Waals surface area (Å²) < 4.78 is 4.84. The fraction of sp³-hybridized carbons (Fsp3) is 0.462. The number of nitrogens with zero attached hydrogens (tertiary/aromatic N) is 2. The molecule has 5 nitrogen and oxygen atoms in total. The molecule has 1 amide bonds. The molecule has 0 saturated carbocycles. The van der Waals surface area contributed by atoms with E-state index in [9.17, 15) is 9.59 Å². The number of hydrogen-bond acceptors (Lipinski definition) is 5. The van der Waals surface area contributed by atoms with Gasteiger partial charge in [0.05, 0.1) is 12.8 Å². The topological polar surface area (TPSA) is 59.5 Å². The van der Waals surface area contributed by atoms with Crippen LogP contribution in [0.5, 0.6) is 0 Å². The summed E-state index contributed by atoms with van der Waals surface area (Å²) in [4.78, 5) is 29.8. The number of thiazole rings is 1. The molecule has 0 spiro atoms. The number of ether oxygens (including phenoxy) is 1. The molecule has 0 saturated heterocycles. The first-order valence-corrected chi connectivity index (χ1v) is 6.87. The van der Waals surface area contributed by atoms with Crippen molar-refractivity contribution in [3.63, 3.8) is 0 Å². The number of rotatable bonds is 6. The van der Waals surface area contributed by atoms with Crippen LogP contribution in [0.15, 0.2) is 18.9 Å². The normalized spacial score (nSPS) is 10.3. The quantitative estimate of drug-likeness (QED) is 0.593. The Kier molecular flexibility index (Phi) is 5.69. The van der Waals surface area contributed by atoms with E-state index in [1.165, 1.54) is 6.20 Å². The number of hydrogen-bond donors (Lipinski definition) is 0. The van der Waals surface area contributed by atoms with E-state index < -0.39 is 5.97 Å². The number of amides is 1. The summed E-state index contributed by atoms with van der Waals surface area (Å²) in [5, 5.41) is 0.201. The predicted octanol–water partition coefficient (Wildman–Crippen LogP) is 2.36. The molecule has 0 aliphatic heterocycles. The molecule has 0 N–H and O–H groups in total. The largest absolute Gasteiger partial charge is 0.461 e. The molecule has 1 rings (SSSR count). The molecule has 6 heteroatoms. The van der Waals surface area contributed by atoms with Crippen LogP contribution in [0.2, 0.25) is 0 Å². The lowest BCUT2D eigenvalue weighted by molar-refractivity contribution is 0.0525. The highest BCUT2D eigenvalue weighted by Crippen LogP contribution is 2.17. The van der Waals surface area contributed by atoms with Crippen LogP contribution in [-0.4, -0.2) is 41.0 Å². The second-order valence-corrected chi connectivity index (χ2v) is 5.12. The van der Waals surface area contributed by atoms with Crippen LogP contribution in [0.1, 0.15) is 40.2 Å². The van der Waals surface area contributed by atoms with Crippen molar-refractivity contribution in [2.45, 2.75) is 26.8 Å². The lowest BCUT2D eigenvalue weighted by Gasteiger charge is -2.24. The van der Waals surface area contributed by atoms with Gasteiger partial charge in [0.2, 0.25) is 5.01 Å². The van der Waals surface area contributed by atoms with E-state index in [0.29, 0.717) is 11.4 Å². The summed E-state index contributed by atoms with van der Waals surface area (Å²) in [6.45, 7) is 9.96. The smallest absolute Gasteiger partial charge is 0.367 e. The molecule has 0 atom stereocenters. The van der Waals surface area contributed by atoms with Crippen molar-refractivity contribution in [1.82, 2.24) is 9.88 Å². The third kappa shape index (κ3) is 3.89. The Balaban J connectivity index is 2.88. The Morgan fingerprint density at radius 3 is 2.79 bits per heavy atom. The van der Waals surface area contributed by atoms with E-state index >= 15 is 0 Å². The minimum atomic E-state index is -0.494. The maximum Gasteiger partial charge on any atom is 0.367 e. The van der Waals surface area contributed by atoms with Gasteiger partial charge in [-0.15, -0.1) is 17.9 Å². The monoisotopic (exact) mass is 282 g/mol. The lowest BCUT2D eigenvalue weighted by atomic mass is 10.3. The zero-order valence-electron chi connectivity index (χ0n) is 11.4. The third-order valence-electron chi connectivity index (χ3n) is 2.38. The average molecular weight is 282 g/mol. The highest BCUT2D eigenvalue weighted by atomic mass is 32.1. The van der Waals surface area contributed by atoms with Crippen molar-refractivity contribution in [2.75, 3.05) is 13.2 Å². The highest BCUT2D eigenvalue weighted by molar-refractivity contribution is 7.15. The van der Waals surface area contributed by atoms with Gasteiger partial charge in [-0.25, -0.2) is 9.78 Å². The number of esters is 1. The Labute approximate surface area is 116 Å². The van der Waals surface area contributed by atoms with Gasteiger partial charge in [0.15, 0.2) is 0 Å². The minimum absolute atomic E-state index is 0.0543. The van der Waals surface area contributed by atoms with Gasteiger partial charge in [-0.05, 0) is 20.8 Å². The van der Waals surface area contributed by atoms with Crippen LogP contribution in [-0.2, 0) is 4.74 Å².